The molecule has 7 heteroatoms. The van der Waals surface area contributed by atoms with Crippen molar-refractivity contribution in [1.29, 1.82) is 0 Å². The number of nitrogens with zero attached hydrogens (tertiary/aromatic N) is 2. The average molecular weight is 367 g/mol. The van der Waals surface area contributed by atoms with Crippen LogP contribution in [0.3, 0.4) is 0 Å². The molecule has 0 aliphatic carbocycles. The topological polar surface area (TPSA) is 86.5 Å². The summed E-state index contributed by atoms with van der Waals surface area (Å²) >= 11 is 0. The zero-order valence-electron chi connectivity index (χ0n) is 14.9. The first-order valence-electron chi connectivity index (χ1n) is 9.10. The first-order valence-corrected chi connectivity index (χ1v) is 9.10. The van der Waals surface area contributed by atoms with E-state index in [1.54, 1.807) is 6.20 Å². The lowest BCUT2D eigenvalue weighted by Gasteiger charge is -2.22. The predicted molar refractivity (Wildman–Crippen MR) is 98.5 cm³/mol. The molecule has 1 N–H and O–H groups in total. The summed E-state index contributed by atoms with van der Waals surface area (Å²) in [6.07, 6.45) is 6.34. The van der Waals surface area contributed by atoms with Crippen LogP contribution in [0.5, 0.6) is 5.75 Å². The molecule has 1 saturated heterocycles. The third-order valence-electron chi connectivity index (χ3n) is 4.50. The normalized spacial score (nSPS) is 17.0. The van der Waals surface area contributed by atoms with Crippen molar-refractivity contribution in [1.82, 2.24) is 15.3 Å². The molecule has 27 heavy (non-hydrogen) atoms. The van der Waals surface area contributed by atoms with E-state index in [0.717, 1.165) is 36.8 Å². The highest BCUT2D eigenvalue weighted by Crippen LogP contribution is 2.23. The monoisotopic (exact) mass is 367 g/mol. The second kappa shape index (κ2) is 8.18. The van der Waals surface area contributed by atoms with Crippen LogP contribution in [0.4, 0.5) is 0 Å². The third kappa shape index (κ3) is 4.25. The lowest BCUT2D eigenvalue weighted by molar-refractivity contribution is 0.0168. The average Bonchev–Trinajstić information content (AvgIpc) is 3.20. The highest BCUT2D eigenvalue weighted by Gasteiger charge is 2.17. The molecule has 0 radical (unpaired) electrons. The Morgan fingerprint density at radius 2 is 2.19 bits per heavy atom. The number of carbonyl (C=O) groups excluding carboxylic acids is 1. The highest BCUT2D eigenvalue weighted by atomic mass is 16.5. The van der Waals surface area contributed by atoms with Gasteiger partial charge < -0.3 is 19.2 Å². The van der Waals surface area contributed by atoms with Crippen LogP contribution in [0.1, 0.15) is 35.6 Å². The Kier molecular flexibility index (Phi) is 5.29. The Balaban J connectivity index is 1.34. The molecular formula is C20H21N3O4. The molecule has 0 bridgehead atoms. The number of carbonyl (C=O) groups is 1. The maximum Gasteiger partial charge on any atom is 0.273 e. The number of rotatable bonds is 6. The van der Waals surface area contributed by atoms with E-state index in [4.69, 9.17) is 13.9 Å². The van der Waals surface area contributed by atoms with Gasteiger partial charge in [-0.3, -0.25) is 9.78 Å². The SMILES string of the molecule is O=C(NC[C@H]1CCCCO1)c1coc(COc2cccc3cccnc23)n1. The van der Waals surface area contributed by atoms with Crippen molar-refractivity contribution >= 4 is 16.8 Å². The summed E-state index contributed by atoms with van der Waals surface area (Å²) in [4.78, 5) is 20.8. The summed E-state index contributed by atoms with van der Waals surface area (Å²) in [5, 5.41) is 3.84. The molecule has 4 rings (SSSR count). The molecular weight excluding hydrogens is 346 g/mol. The second-order valence-electron chi connectivity index (χ2n) is 6.45. The van der Waals surface area contributed by atoms with Crippen LogP contribution in [0.25, 0.3) is 10.9 Å². The van der Waals surface area contributed by atoms with Crippen LogP contribution in [-0.4, -0.2) is 35.1 Å². The third-order valence-corrected chi connectivity index (χ3v) is 4.50. The molecule has 0 unspecified atom stereocenters. The van der Waals surface area contributed by atoms with Gasteiger partial charge in [-0.1, -0.05) is 18.2 Å². The molecule has 1 aliphatic rings. The van der Waals surface area contributed by atoms with Crippen LogP contribution in [0, 0.1) is 0 Å². The summed E-state index contributed by atoms with van der Waals surface area (Å²) in [6.45, 7) is 1.36. The van der Waals surface area contributed by atoms with Gasteiger partial charge in [0.15, 0.2) is 12.3 Å². The lowest BCUT2D eigenvalue weighted by atomic mass is 10.1. The molecule has 1 aliphatic heterocycles. The molecule has 140 valence electrons. The molecule has 0 spiro atoms. The quantitative estimate of drug-likeness (QED) is 0.720. The number of hydrogen-bond acceptors (Lipinski definition) is 6. The molecule has 1 atom stereocenters. The van der Waals surface area contributed by atoms with E-state index >= 15 is 0 Å². The highest BCUT2D eigenvalue weighted by molar-refractivity contribution is 5.91. The Morgan fingerprint density at radius 1 is 1.26 bits per heavy atom. The first-order chi connectivity index (χ1) is 13.3. The Hall–Kier alpha value is -2.93. The first kappa shape index (κ1) is 17.5. The fourth-order valence-electron chi connectivity index (χ4n) is 3.08. The van der Waals surface area contributed by atoms with Crippen molar-refractivity contribution < 1.29 is 18.7 Å². The van der Waals surface area contributed by atoms with Gasteiger partial charge in [0.2, 0.25) is 5.89 Å². The Labute approximate surface area is 156 Å². The van der Waals surface area contributed by atoms with E-state index in [1.165, 1.54) is 6.26 Å². The Bertz CT molecular complexity index is 913. The smallest absolute Gasteiger partial charge is 0.273 e. The number of amides is 1. The number of aromatic nitrogens is 2. The number of fused-ring (bicyclic) bond motifs is 1. The standard InChI is InChI=1S/C20H21N3O4/c24-20(22-11-15-7-1-2-10-25-15)16-12-27-18(23-16)13-26-17-8-3-5-14-6-4-9-21-19(14)17/h3-6,8-9,12,15H,1-2,7,10-11,13H2,(H,22,24)/t15-/m1/s1. The number of pyridine rings is 1. The molecule has 2 aromatic heterocycles. The fraction of sp³-hybridized carbons (Fsp3) is 0.350. The number of hydrogen-bond donors (Lipinski definition) is 1. The van der Waals surface area contributed by atoms with Crippen molar-refractivity contribution in [2.45, 2.75) is 32.0 Å². The zero-order chi connectivity index (χ0) is 18.5. The summed E-state index contributed by atoms with van der Waals surface area (Å²) in [6, 6.07) is 9.57. The van der Waals surface area contributed by atoms with Gasteiger partial charge in [-0.15, -0.1) is 0 Å². The maximum atomic E-state index is 12.2. The number of benzene rings is 1. The summed E-state index contributed by atoms with van der Waals surface area (Å²) in [7, 11) is 0. The lowest BCUT2D eigenvalue weighted by Crippen LogP contribution is -2.35. The van der Waals surface area contributed by atoms with Crippen molar-refractivity contribution in [2.75, 3.05) is 13.2 Å². The predicted octanol–water partition coefficient (Wildman–Crippen LogP) is 3.10. The summed E-state index contributed by atoms with van der Waals surface area (Å²) in [5.41, 5.74) is 1.01. The number of para-hydroxylation sites is 1. The van der Waals surface area contributed by atoms with E-state index in [9.17, 15) is 4.79 Å². The molecule has 1 amide bonds. The maximum absolute atomic E-state index is 12.2. The molecule has 0 saturated carbocycles. The van der Waals surface area contributed by atoms with Crippen LogP contribution in [0.2, 0.25) is 0 Å². The van der Waals surface area contributed by atoms with Gasteiger partial charge in [0.1, 0.15) is 17.5 Å². The van der Waals surface area contributed by atoms with Crippen molar-refractivity contribution in [3.63, 3.8) is 0 Å². The van der Waals surface area contributed by atoms with E-state index in [2.05, 4.69) is 15.3 Å². The van der Waals surface area contributed by atoms with Gasteiger partial charge >= 0.3 is 0 Å². The van der Waals surface area contributed by atoms with Gasteiger partial charge in [-0.25, -0.2) is 4.98 Å². The van der Waals surface area contributed by atoms with E-state index in [-0.39, 0.29) is 24.3 Å². The van der Waals surface area contributed by atoms with Crippen LogP contribution in [0.15, 0.2) is 47.2 Å². The minimum Gasteiger partial charge on any atom is -0.482 e. The van der Waals surface area contributed by atoms with Crippen LogP contribution >= 0.6 is 0 Å². The van der Waals surface area contributed by atoms with Gasteiger partial charge in [0, 0.05) is 24.7 Å². The summed E-state index contributed by atoms with van der Waals surface area (Å²) in [5.74, 6) is 0.708. The molecule has 3 heterocycles. The molecule has 7 nitrogen and oxygen atoms in total. The van der Waals surface area contributed by atoms with Crippen LogP contribution < -0.4 is 10.1 Å². The van der Waals surface area contributed by atoms with E-state index in [0.29, 0.717) is 18.2 Å². The Morgan fingerprint density at radius 3 is 3.07 bits per heavy atom. The fourth-order valence-corrected chi connectivity index (χ4v) is 3.08. The number of nitrogens with one attached hydrogen (secondary N) is 1. The van der Waals surface area contributed by atoms with E-state index in [1.807, 2.05) is 30.3 Å². The largest absolute Gasteiger partial charge is 0.482 e. The zero-order valence-corrected chi connectivity index (χ0v) is 14.9. The second-order valence-corrected chi connectivity index (χ2v) is 6.45. The van der Waals surface area contributed by atoms with Crippen molar-refractivity contribution in [3.8, 4) is 5.75 Å². The minimum atomic E-state index is -0.272. The van der Waals surface area contributed by atoms with Gasteiger partial charge in [0.25, 0.3) is 5.91 Å². The van der Waals surface area contributed by atoms with E-state index < -0.39 is 0 Å². The van der Waals surface area contributed by atoms with Crippen molar-refractivity contribution in [3.05, 3.63) is 54.4 Å². The summed E-state index contributed by atoms with van der Waals surface area (Å²) < 4.78 is 16.8. The van der Waals surface area contributed by atoms with Gasteiger partial charge in [0.05, 0.1) is 6.10 Å². The molecule has 1 aromatic carbocycles. The molecule has 3 aromatic rings. The minimum absolute atomic E-state index is 0.0799. The van der Waals surface area contributed by atoms with Crippen LogP contribution in [-0.2, 0) is 11.3 Å². The van der Waals surface area contributed by atoms with Gasteiger partial charge in [-0.05, 0) is 31.4 Å². The number of ether oxygens (including phenoxy) is 2. The van der Waals surface area contributed by atoms with Crippen molar-refractivity contribution in [2.24, 2.45) is 0 Å². The van der Waals surface area contributed by atoms with Gasteiger partial charge in [-0.2, -0.15) is 0 Å². The molecule has 1 fully saturated rings. The number of oxazole rings is 1.